The van der Waals surface area contributed by atoms with E-state index in [2.05, 4.69) is 21.0 Å². The Bertz CT molecular complexity index is 295. The average Bonchev–Trinajstić information content (AvgIpc) is 2.51. The predicted octanol–water partition coefficient (Wildman–Crippen LogP) is -0.178. The molecule has 0 saturated carbocycles. The summed E-state index contributed by atoms with van der Waals surface area (Å²) in [5, 5.41) is 13.6. The van der Waals surface area contributed by atoms with Crippen LogP contribution in [-0.4, -0.2) is 21.8 Å². The van der Waals surface area contributed by atoms with E-state index in [-0.39, 0.29) is 10.7 Å². The third kappa shape index (κ3) is 1.77. The minimum atomic E-state index is -1.23. The van der Waals surface area contributed by atoms with E-state index >= 15 is 0 Å². The molecular formula is C5H5N3O3S. The van der Waals surface area contributed by atoms with Crippen LogP contribution in [0.5, 0.6) is 0 Å². The lowest BCUT2D eigenvalue weighted by molar-refractivity contribution is -0.129. The minimum Gasteiger partial charge on any atom is -0.476 e. The Labute approximate surface area is 71.2 Å². The molecule has 0 atom stereocenters. The van der Waals surface area contributed by atoms with Gasteiger partial charge >= 0.3 is 5.97 Å². The molecule has 0 amide bonds. The maximum atomic E-state index is 10.5. The molecule has 12 heavy (non-hydrogen) atoms. The smallest absolute Gasteiger partial charge is 0.361 e. The van der Waals surface area contributed by atoms with Crippen molar-refractivity contribution in [1.82, 2.24) is 4.98 Å². The first-order chi connectivity index (χ1) is 5.75. The van der Waals surface area contributed by atoms with Gasteiger partial charge in [0.2, 0.25) is 5.71 Å². The zero-order valence-corrected chi connectivity index (χ0v) is 6.61. The molecule has 1 aromatic rings. The Kier molecular flexibility index (Phi) is 2.72. The van der Waals surface area contributed by atoms with Crippen LogP contribution in [-0.2, 0) is 9.73 Å². The van der Waals surface area contributed by atoms with Crippen molar-refractivity contribution in [3.63, 3.8) is 0 Å². The zero-order chi connectivity index (χ0) is 8.97. The highest BCUT2D eigenvalue weighted by atomic mass is 32.1. The third-order valence-electron chi connectivity index (χ3n) is 0.981. The molecule has 0 saturated heterocycles. The molecule has 64 valence electrons. The number of hydrogen-bond donors (Lipinski definition) is 2. The number of aromatic nitrogens is 1. The number of aliphatic carboxylic acids is 1. The van der Waals surface area contributed by atoms with E-state index < -0.39 is 5.97 Å². The van der Waals surface area contributed by atoms with E-state index in [0.717, 1.165) is 11.3 Å². The monoisotopic (exact) mass is 187 g/mol. The van der Waals surface area contributed by atoms with Crippen LogP contribution in [0.25, 0.3) is 0 Å². The van der Waals surface area contributed by atoms with Crippen LogP contribution in [0, 0.1) is 0 Å². The van der Waals surface area contributed by atoms with Crippen LogP contribution in [0.3, 0.4) is 0 Å². The highest BCUT2D eigenvalue weighted by molar-refractivity contribution is 7.12. The lowest BCUT2D eigenvalue weighted by Gasteiger charge is -1.92. The summed E-state index contributed by atoms with van der Waals surface area (Å²) in [5.41, 5.74) is -0.299. The summed E-state index contributed by atoms with van der Waals surface area (Å²) in [6, 6.07) is 0. The number of oxime groups is 1. The van der Waals surface area contributed by atoms with E-state index in [9.17, 15) is 4.79 Å². The molecule has 3 N–H and O–H groups in total. The van der Waals surface area contributed by atoms with E-state index in [1.165, 1.54) is 6.20 Å². The van der Waals surface area contributed by atoms with Gasteiger partial charge in [-0.1, -0.05) is 5.16 Å². The van der Waals surface area contributed by atoms with Gasteiger partial charge in [0.1, 0.15) is 0 Å². The average molecular weight is 187 g/mol. The minimum absolute atomic E-state index is 0.257. The fourth-order valence-corrected chi connectivity index (χ4v) is 1.17. The van der Waals surface area contributed by atoms with Gasteiger partial charge in [-0.25, -0.2) is 9.78 Å². The Balaban J connectivity index is 2.96. The van der Waals surface area contributed by atoms with Crippen molar-refractivity contribution in [2.75, 3.05) is 0 Å². The van der Waals surface area contributed by atoms with Crippen molar-refractivity contribution in [2.24, 2.45) is 11.1 Å². The summed E-state index contributed by atoms with van der Waals surface area (Å²) in [4.78, 5) is 18.1. The quantitative estimate of drug-likeness (QED) is 0.505. The van der Waals surface area contributed by atoms with Crippen molar-refractivity contribution in [3.05, 3.63) is 16.6 Å². The van der Waals surface area contributed by atoms with Gasteiger partial charge in [0, 0.05) is 11.6 Å². The van der Waals surface area contributed by atoms with Gasteiger partial charge in [0.15, 0.2) is 5.01 Å². The summed E-state index contributed by atoms with van der Waals surface area (Å²) in [5.74, 6) is 3.37. The summed E-state index contributed by atoms with van der Waals surface area (Å²) in [6.45, 7) is 0. The Morgan fingerprint density at radius 3 is 3.00 bits per heavy atom. The Morgan fingerprint density at radius 1 is 1.83 bits per heavy atom. The van der Waals surface area contributed by atoms with Crippen molar-refractivity contribution in [3.8, 4) is 0 Å². The second-order valence-electron chi connectivity index (χ2n) is 1.69. The Morgan fingerprint density at radius 2 is 2.58 bits per heavy atom. The molecule has 1 rings (SSSR count). The molecule has 0 fully saturated rings. The van der Waals surface area contributed by atoms with Crippen molar-refractivity contribution in [2.45, 2.75) is 0 Å². The van der Waals surface area contributed by atoms with Gasteiger partial charge in [0.25, 0.3) is 0 Å². The maximum Gasteiger partial charge on any atom is 0.361 e. The number of carboxylic acids is 1. The van der Waals surface area contributed by atoms with Gasteiger partial charge in [0.05, 0.1) is 0 Å². The molecule has 0 aliphatic carbocycles. The molecule has 0 unspecified atom stereocenters. The fraction of sp³-hybridized carbons (Fsp3) is 0. The van der Waals surface area contributed by atoms with Crippen LogP contribution in [0.4, 0.5) is 0 Å². The number of rotatable bonds is 3. The van der Waals surface area contributed by atoms with E-state index in [1.807, 2.05) is 0 Å². The van der Waals surface area contributed by atoms with E-state index in [1.54, 1.807) is 5.38 Å². The number of nitrogens with two attached hydrogens (primary N) is 1. The van der Waals surface area contributed by atoms with Crippen LogP contribution in [0.2, 0.25) is 0 Å². The molecular weight excluding hydrogens is 182 g/mol. The van der Waals surface area contributed by atoms with Crippen molar-refractivity contribution in [1.29, 1.82) is 0 Å². The normalized spacial score (nSPS) is 11.2. The zero-order valence-electron chi connectivity index (χ0n) is 5.80. The molecule has 0 aliphatic rings. The molecule has 0 aromatic carbocycles. The standard InChI is InChI=1S/C5H5N3O3S/c6-11-8-3(5(9)10)4-7-1-2-12-4/h1-2H,6H2,(H,9,10). The maximum absolute atomic E-state index is 10.5. The summed E-state index contributed by atoms with van der Waals surface area (Å²) in [6.07, 6.45) is 1.47. The second kappa shape index (κ2) is 3.79. The number of carbonyl (C=O) groups is 1. The van der Waals surface area contributed by atoms with Crippen LogP contribution in [0.15, 0.2) is 16.7 Å². The molecule has 7 heteroatoms. The van der Waals surface area contributed by atoms with Gasteiger partial charge in [-0.05, 0) is 0 Å². The highest BCUT2D eigenvalue weighted by Crippen LogP contribution is 2.05. The number of thiazole rings is 1. The first-order valence-corrected chi connectivity index (χ1v) is 3.70. The van der Waals surface area contributed by atoms with E-state index in [0.29, 0.717) is 0 Å². The molecule has 0 bridgehead atoms. The van der Waals surface area contributed by atoms with Crippen molar-refractivity contribution >= 4 is 23.0 Å². The van der Waals surface area contributed by atoms with Gasteiger partial charge < -0.3 is 10.0 Å². The SMILES string of the molecule is NON=C(C(=O)O)c1nccs1. The first-order valence-electron chi connectivity index (χ1n) is 2.82. The second-order valence-corrected chi connectivity index (χ2v) is 2.58. The predicted molar refractivity (Wildman–Crippen MR) is 41.6 cm³/mol. The molecule has 1 aromatic heterocycles. The summed E-state index contributed by atoms with van der Waals surface area (Å²) >= 11 is 1.14. The number of hydrogen-bond acceptors (Lipinski definition) is 6. The van der Waals surface area contributed by atoms with Gasteiger partial charge in [-0.2, -0.15) is 0 Å². The van der Waals surface area contributed by atoms with E-state index in [4.69, 9.17) is 5.11 Å². The lowest BCUT2D eigenvalue weighted by atomic mass is 10.4. The van der Waals surface area contributed by atoms with Crippen LogP contribution >= 0.6 is 11.3 Å². The summed E-state index contributed by atoms with van der Waals surface area (Å²) in [7, 11) is 0. The molecule has 0 aliphatic heterocycles. The molecule has 0 radical (unpaired) electrons. The Hall–Kier alpha value is -1.47. The van der Waals surface area contributed by atoms with Crippen LogP contribution in [0.1, 0.15) is 5.01 Å². The van der Waals surface area contributed by atoms with Gasteiger partial charge in [-0.3, -0.25) is 0 Å². The number of nitrogens with zero attached hydrogens (tertiary/aromatic N) is 2. The molecule has 1 heterocycles. The molecule has 6 nitrogen and oxygen atoms in total. The topological polar surface area (TPSA) is 97.8 Å². The summed E-state index contributed by atoms with van der Waals surface area (Å²) < 4.78 is 0. The fourth-order valence-electron chi connectivity index (χ4n) is 0.563. The first kappa shape index (κ1) is 8.62. The van der Waals surface area contributed by atoms with Crippen LogP contribution < -0.4 is 5.90 Å². The number of carboxylic acid groups (broad SMARTS) is 1. The van der Waals surface area contributed by atoms with Gasteiger partial charge in [-0.15, -0.1) is 17.2 Å². The third-order valence-corrected chi connectivity index (χ3v) is 1.76. The largest absolute Gasteiger partial charge is 0.476 e. The molecule has 0 spiro atoms. The van der Waals surface area contributed by atoms with Crippen molar-refractivity contribution < 1.29 is 14.8 Å². The lowest BCUT2D eigenvalue weighted by Crippen LogP contribution is -2.15. The highest BCUT2D eigenvalue weighted by Gasteiger charge is 2.15.